The molecule has 0 saturated heterocycles. The van der Waals surface area contributed by atoms with Crippen molar-refractivity contribution < 1.29 is 28.2 Å². The maximum atomic E-state index is 15.3. The molecule has 1 fully saturated rings. The first-order valence-corrected chi connectivity index (χ1v) is 12.1. The summed E-state index contributed by atoms with van der Waals surface area (Å²) in [5.74, 6) is -2.47. The number of carbonyl (C=O) groups is 2. The second kappa shape index (κ2) is 9.74. The molecule has 1 amide bonds. The van der Waals surface area contributed by atoms with Crippen LogP contribution in [0.5, 0.6) is 0 Å². The third kappa shape index (κ3) is 4.63. The minimum Gasteiger partial charge on any atom is -0.481 e. The number of aryl methyl sites for hydroxylation is 1. The van der Waals surface area contributed by atoms with Crippen LogP contribution in [0.4, 0.5) is 19.4 Å². The SMILES string of the molecule is CC(OC(=O)Nc1c(-c2c(F)cc(-c3ccc(C4(C(=O)O)CC4)cc3)cc2F)cnn1C)c1ccccc1. The summed E-state index contributed by atoms with van der Waals surface area (Å²) >= 11 is 0. The Hall–Kier alpha value is -4.53. The zero-order valence-corrected chi connectivity index (χ0v) is 20.7. The molecule has 1 atom stereocenters. The molecule has 0 spiro atoms. The number of halogens is 2. The van der Waals surface area contributed by atoms with Crippen molar-refractivity contribution >= 4 is 17.9 Å². The lowest BCUT2D eigenvalue weighted by atomic mass is 9.93. The van der Waals surface area contributed by atoms with Crippen molar-refractivity contribution in [1.29, 1.82) is 0 Å². The van der Waals surface area contributed by atoms with E-state index in [1.54, 1.807) is 31.2 Å². The van der Waals surface area contributed by atoms with Crippen molar-refractivity contribution in [2.24, 2.45) is 7.05 Å². The molecule has 1 heterocycles. The number of benzene rings is 3. The van der Waals surface area contributed by atoms with Crippen molar-refractivity contribution in [2.75, 3.05) is 5.32 Å². The van der Waals surface area contributed by atoms with E-state index in [4.69, 9.17) is 4.74 Å². The minimum atomic E-state index is -0.869. The standard InChI is InChI=1S/C29H25F2N3O4/c1-17(18-6-4-3-5-7-18)38-28(37)33-26-22(16-32-34(26)2)25-23(30)14-20(15-24(25)31)19-8-10-21(11-9-19)29(12-13-29)27(35)36/h3-11,14-17H,12-13H2,1-2H3,(H,33,37)(H,35,36). The van der Waals surface area contributed by atoms with Crippen molar-refractivity contribution in [3.63, 3.8) is 0 Å². The molecule has 2 N–H and O–H groups in total. The van der Waals surface area contributed by atoms with E-state index in [1.807, 2.05) is 30.3 Å². The van der Waals surface area contributed by atoms with Gasteiger partial charge >= 0.3 is 12.1 Å². The third-order valence-electron chi connectivity index (χ3n) is 6.95. The Morgan fingerprint density at radius 2 is 1.66 bits per heavy atom. The molecular weight excluding hydrogens is 492 g/mol. The van der Waals surface area contributed by atoms with E-state index in [0.29, 0.717) is 29.5 Å². The highest BCUT2D eigenvalue weighted by atomic mass is 19.1. The first kappa shape index (κ1) is 25.1. The summed E-state index contributed by atoms with van der Waals surface area (Å²) in [6.07, 6.45) is 1.07. The molecule has 0 aliphatic heterocycles. The summed E-state index contributed by atoms with van der Waals surface area (Å²) < 4.78 is 37.4. The monoisotopic (exact) mass is 517 g/mol. The van der Waals surface area contributed by atoms with Crippen molar-refractivity contribution in [2.45, 2.75) is 31.3 Å². The van der Waals surface area contributed by atoms with E-state index in [1.165, 1.54) is 30.1 Å². The van der Waals surface area contributed by atoms with E-state index < -0.39 is 35.2 Å². The zero-order chi connectivity index (χ0) is 27.0. The molecule has 7 nitrogen and oxygen atoms in total. The summed E-state index contributed by atoms with van der Waals surface area (Å²) in [6.45, 7) is 1.72. The lowest BCUT2D eigenvalue weighted by molar-refractivity contribution is -0.140. The number of amides is 1. The van der Waals surface area contributed by atoms with Gasteiger partial charge in [-0.25, -0.2) is 13.6 Å². The van der Waals surface area contributed by atoms with Gasteiger partial charge in [0.05, 0.1) is 22.7 Å². The van der Waals surface area contributed by atoms with Crippen LogP contribution in [0.25, 0.3) is 22.3 Å². The Kier molecular flexibility index (Phi) is 6.44. The lowest BCUT2D eigenvalue weighted by Crippen LogP contribution is -2.19. The Labute approximate surface area is 217 Å². The van der Waals surface area contributed by atoms with E-state index in [9.17, 15) is 14.7 Å². The van der Waals surface area contributed by atoms with Crippen LogP contribution in [0.15, 0.2) is 72.9 Å². The van der Waals surface area contributed by atoms with E-state index >= 15 is 8.78 Å². The van der Waals surface area contributed by atoms with Crippen LogP contribution in [0.3, 0.4) is 0 Å². The summed E-state index contributed by atoms with van der Waals surface area (Å²) in [7, 11) is 1.54. The van der Waals surface area contributed by atoms with Crippen LogP contribution < -0.4 is 5.32 Å². The number of carbonyl (C=O) groups excluding carboxylic acids is 1. The number of hydrogen-bond acceptors (Lipinski definition) is 4. The van der Waals surface area contributed by atoms with Gasteiger partial charge < -0.3 is 9.84 Å². The molecule has 4 aromatic rings. The molecule has 194 valence electrons. The fourth-order valence-electron chi connectivity index (χ4n) is 4.58. The molecule has 1 aromatic heterocycles. The number of nitrogens with zero attached hydrogens (tertiary/aromatic N) is 2. The van der Waals surface area contributed by atoms with Gasteiger partial charge in [0, 0.05) is 7.05 Å². The molecule has 1 aliphatic rings. The van der Waals surface area contributed by atoms with Crippen molar-refractivity contribution in [3.05, 3.63) is 95.7 Å². The summed E-state index contributed by atoms with van der Waals surface area (Å²) in [5, 5.41) is 16.1. The Balaban J connectivity index is 1.39. The van der Waals surface area contributed by atoms with E-state index in [0.717, 1.165) is 5.56 Å². The normalized spacial score (nSPS) is 14.5. The smallest absolute Gasteiger partial charge is 0.413 e. The minimum absolute atomic E-state index is 0.0610. The van der Waals surface area contributed by atoms with Crippen LogP contribution in [-0.4, -0.2) is 26.9 Å². The fourth-order valence-corrected chi connectivity index (χ4v) is 4.58. The lowest BCUT2D eigenvalue weighted by Gasteiger charge is -2.15. The van der Waals surface area contributed by atoms with Gasteiger partial charge in [0.15, 0.2) is 0 Å². The Morgan fingerprint density at radius 1 is 1.03 bits per heavy atom. The highest BCUT2D eigenvalue weighted by Gasteiger charge is 2.51. The highest BCUT2D eigenvalue weighted by Crippen LogP contribution is 2.48. The van der Waals surface area contributed by atoms with Crippen LogP contribution in [0.2, 0.25) is 0 Å². The number of ether oxygens (including phenoxy) is 1. The molecule has 9 heteroatoms. The first-order chi connectivity index (χ1) is 18.2. The molecule has 3 aromatic carbocycles. The average molecular weight is 518 g/mol. The molecular formula is C29H25F2N3O4. The highest BCUT2D eigenvalue weighted by molar-refractivity contribution is 5.90. The van der Waals surface area contributed by atoms with E-state index in [-0.39, 0.29) is 16.9 Å². The molecule has 1 unspecified atom stereocenters. The van der Waals surface area contributed by atoms with Gasteiger partial charge in [0.25, 0.3) is 0 Å². The Morgan fingerprint density at radius 3 is 2.24 bits per heavy atom. The predicted molar refractivity (Wildman–Crippen MR) is 138 cm³/mol. The molecule has 38 heavy (non-hydrogen) atoms. The second-order valence-electron chi connectivity index (χ2n) is 9.39. The van der Waals surface area contributed by atoms with Crippen molar-refractivity contribution in [1.82, 2.24) is 9.78 Å². The predicted octanol–water partition coefficient (Wildman–Crippen LogP) is 6.46. The van der Waals surface area contributed by atoms with Gasteiger partial charge in [-0.15, -0.1) is 0 Å². The maximum absolute atomic E-state index is 15.3. The largest absolute Gasteiger partial charge is 0.481 e. The van der Waals surface area contributed by atoms with Gasteiger partial charge in [0.2, 0.25) is 0 Å². The zero-order valence-electron chi connectivity index (χ0n) is 20.7. The van der Waals surface area contributed by atoms with Gasteiger partial charge in [-0.2, -0.15) is 5.10 Å². The number of aliphatic carboxylic acids is 1. The van der Waals surface area contributed by atoms with E-state index in [2.05, 4.69) is 10.4 Å². The third-order valence-corrected chi connectivity index (χ3v) is 6.95. The quantitative estimate of drug-likeness (QED) is 0.294. The Bertz CT molecular complexity index is 1490. The van der Waals surface area contributed by atoms with Crippen LogP contribution >= 0.6 is 0 Å². The molecule has 1 saturated carbocycles. The molecule has 1 aliphatic carbocycles. The topological polar surface area (TPSA) is 93.4 Å². The summed E-state index contributed by atoms with van der Waals surface area (Å²) in [4.78, 5) is 24.2. The molecule has 0 radical (unpaired) electrons. The molecule has 5 rings (SSSR count). The van der Waals surface area contributed by atoms with Gasteiger partial charge in [-0.05, 0) is 54.2 Å². The van der Waals surface area contributed by atoms with Crippen molar-refractivity contribution in [3.8, 4) is 22.3 Å². The number of hydrogen-bond donors (Lipinski definition) is 2. The van der Waals surface area contributed by atoms with Gasteiger partial charge in [-0.3, -0.25) is 14.8 Å². The van der Waals surface area contributed by atoms with Crippen LogP contribution in [-0.2, 0) is 22.0 Å². The number of anilines is 1. The van der Waals surface area contributed by atoms with Gasteiger partial charge in [-0.1, -0.05) is 54.6 Å². The summed E-state index contributed by atoms with van der Waals surface area (Å²) in [5.41, 5.74) is 1.17. The second-order valence-corrected chi connectivity index (χ2v) is 9.39. The first-order valence-electron chi connectivity index (χ1n) is 12.1. The number of aromatic nitrogens is 2. The maximum Gasteiger partial charge on any atom is 0.413 e. The average Bonchev–Trinajstić information content (AvgIpc) is 3.65. The number of rotatable bonds is 7. The number of carboxylic acid groups (broad SMARTS) is 1. The van der Waals surface area contributed by atoms with Gasteiger partial charge in [0.1, 0.15) is 23.6 Å². The number of carboxylic acids is 1. The molecule has 0 bridgehead atoms. The van der Waals surface area contributed by atoms with Crippen LogP contribution in [0.1, 0.15) is 37.0 Å². The summed E-state index contributed by atoms with van der Waals surface area (Å²) in [6, 6.07) is 18.2. The van der Waals surface area contributed by atoms with Crippen LogP contribution in [0, 0.1) is 11.6 Å². The number of nitrogens with one attached hydrogen (secondary N) is 1. The fraction of sp³-hybridized carbons (Fsp3) is 0.207.